The zero-order valence-electron chi connectivity index (χ0n) is 15.4. The van der Waals surface area contributed by atoms with E-state index >= 15 is 0 Å². The van der Waals surface area contributed by atoms with Crippen molar-refractivity contribution in [3.63, 3.8) is 0 Å². The number of carbonyl (C=O) groups excluding carboxylic acids is 1. The molecule has 1 N–H and O–H groups in total. The summed E-state index contributed by atoms with van der Waals surface area (Å²) in [5.74, 6) is 1.25. The largest absolute Gasteiger partial charge is 0.497 e. The van der Waals surface area contributed by atoms with Gasteiger partial charge in [-0.2, -0.15) is 20.0 Å². The number of carbonyl (C=O) groups is 1. The van der Waals surface area contributed by atoms with Gasteiger partial charge < -0.3 is 14.6 Å². The van der Waals surface area contributed by atoms with Crippen molar-refractivity contribution in [1.82, 2.24) is 30.5 Å². The summed E-state index contributed by atoms with van der Waals surface area (Å²) in [6, 6.07) is 14.3. The molecule has 1 atom stereocenters. The number of fused-ring (bicyclic) bond motifs is 1. The Hall–Kier alpha value is -3.75. The summed E-state index contributed by atoms with van der Waals surface area (Å²) in [5.41, 5.74) is 2.27. The molecular formula is C19H18N6O3. The molecule has 0 spiro atoms. The average Bonchev–Trinajstić information content (AvgIpc) is 3.34. The first kappa shape index (κ1) is 17.7. The van der Waals surface area contributed by atoms with E-state index in [1.807, 2.05) is 48.5 Å². The third-order valence-electron chi connectivity index (χ3n) is 4.15. The van der Waals surface area contributed by atoms with E-state index in [1.54, 1.807) is 14.0 Å². The van der Waals surface area contributed by atoms with Crippen LogP contribution in [0.15, 0.2) is 53.1 Å². The number of hydrogen-bond acceptors (Lipinski definition) is 7. The van der Waals surface area contributed by atoms with Gasteiger partial charge in [-0.3, -0.25) is 4.79 Å². The number of rotatable bonds is 6. The van der Waals surface area contributed by atoms with Crippen molar-refractivity contribution < 1.29 is 14.1 Å². The van der Waals surface area contributed by atoms with Gasteiger partial charge in [0.2, 0.25) is 17.6 Å². The van der Waals surface area contributed by atoms with Crippen LogP contribution in [0, 0.1) is 0 Å². The molecule has 2 aromatic carbocycles. The maximum atomic E-state index is 12.3. The average molecular weight is 378 g/mol. The Morgan fingerprint density at radius 3 is 2.46 bits per heavy atom. The highest BCUT2D eigenvalue weighted by Crippen LogP contribution is 2.21. The lowest BCUT2D eigenvalue weighted by Crippen LogP contribution is -2.31. The molecule has 0 radical (unpaired) electrons. The number of benzene rings is 2. The van der Waals surface area contributed by atoms with Crippen LogP contribution in [0.5, 0.6) is 5.75 Å². The molecule has 4 aromatic rings. The van der Waals surface area contributed by atoms with Crippen LogP contribution >= 0.6 is 0 Å². The number of nitrogens with one attached hydrogen (secondary N) is 1. The van der Waals surface area contributed by atoms with Gasteiger partial charge in [-0.05, 0) is 43.3 Å². The van der Waals surface area contributed by atoms with E-state index in [9.17, 15) is 4.79 Å². The number of ether oxygens (including phenoxy) is 1. The molecule has 2 heterocycles. The highest BCUT2D eigenvalue weighted by atomic mass is 16.5. The molecule has 28 heavy (non-hydrogen) atoms. The predicted octanol–water partition coefficient (Wildman–Crippen LogP) is 2.37. The molecule has 0 saturated heterocycles. The second kappa shape index (κ2) is 7.47. The summed E-state index contributed by atoms with van der Waals surface area (Å²) in [5, 5.41) is 15.3. The molecule has 0 aliphatic heterocycles. The smallest absolute Gasteiger partial charge is 0.249 e. The monoisotopic (exact) mass is 378 g/mol. The van der Waals surface area contributed by atoms with Crippen molar-refractivity contribution in [1.29, 1.82) is 0 Å². The standard InChI is InChI=1S/C19H18N6O3/c1-12(19-21-18(24-28-19)13-7-9-14(27-2)10-8-13)20-17(26)11-25-22-15-5-3-4-6-16(15)23-25/h3-10,12H,11H2,1-2H3,(H,20,26)/t12-/m0/s1. The van der Waals surface area contributed by atoms with Crippen molar-refractivity contribution in [2.75, 3.05) is 7.11 Å². The zero-order chi connectivity index (χ0) is 19.5. The topological polar surface area (TPSA) is 108 Å². The summed E-state index contributed by atoms with van der Waals surface area (Å²) in [6.45, 7) is 1.77. The maximum absolute atomic E-state index is 12.3. The minimum atomic E-state index is -0.447. The maximum Gasteiger partial charge on any atom is 0.249 e. The van der Waals surface area contributed by atoms with Gasteiger partial charge >= 0.3 is 0 Å². The molecule has 0 bridgehead atoms. The number of hydrogen-bond donors (Lipinski definition) is 1. The van der Waals surface area contributed by atoms with Crippen molar-refractivity contribution >= 4 is 16.9 Å². The van der Waals surface area contributed by atoms with Gasteiger partial charge in [0.1, 0.15) is 29.4 Å². The molecule has 0 unspecified atom stereocenters. The summed E-state index contributed by atoms with van der Waals surface area (Å²) in [7, 11) is 1.60. The van der Waals surface area contributed by atoms with Gasteiger partial charge in [0.15, 0.2) is 0 Å². The molecule has 0 fully saturated rings. The lowest BCUT2D eigenvalue weighted by Gasteiger charge is -2.08. The third-order valence-corrected chi connectivity index (χ3v) is 4.15. The van der Waals surface area contributed by atoms with Gasteiger partial charge in [-0.25, -0.2) is 0 Å². The van der Waals surface area contributed by atoms with Gasteiger partial charge in [-0.15, -0.1) is 0 Å². The summed E-state index contributed by atoms with van der Waals surface area (Å²) < 4.78 is 10.4. The molecule has 2 aromatic heterocycles. The first-order valence-corrected chi connectivity index (χ1v) is 8.69. The fourth-order valence-electron chi connectivity index (χ4n) is 2.72. The van der Waals surface area contributed by atoms with Crippen molar-refractivity contribution in [3.8, 4) is 17.1 Å². The van der Waals surface area contributed by atoms with E-state index in [0.29, 0.717) is 11.7 Å². The number of amides is 1. The second-order valence-corrected chi connectivity index (χ2v) is 6.19. The van der Waals surface area contributed by atoms with E-state index in [1.165, 1.54) is 4.80 Å². The van der Waals surface area contributed by atoms with Gasteiger partial charge in [-0.1, -0.05) is 17.3 Å². The summed E-state index contributed by atoms with van der Waals surface area (Å²) in [4.78, 5) is 18.0. The normalized spacial score (nSPS) is 12.1. The molecular weight excluding hydrogens is 360 g/mol. The second-order valence-electron chi connectivity index (χ2n) is 6.19. The van der Waals surface area contributed by atoms with E-state index in [-0.39, 0.29) is 12.5 Å². The van der Waals surface area contributed by atoms with Crippen LogP contribution in [-0.4, -0.2) is 38.2 Å². The van der Waals surface area contributed by atoms with Crippen LogP contribution in [0.1, 0.15) is 18.9 Å². The van der Waals surface area contributed by atoms with Crippen molar-refractivity contribution in [2.24, 2.45) is 0 Å². The van der Waals surface area contributed by atoms with E-state index in [4.69, 9.17) is 9.26 Å². The SMILES string of the molecule is COc1ccc(-c2noc([C@H](C)NC(=O)Cn3nc4ccccc4n3)n2)cc1. The lowest BCUT2D eigenvalue weighted by atomic mass is 10.2. The Balaban J connectivity index is 1.40. The molecule has 4 rings (SSSR count). The quantitative estimate of drug-likeness (QED) is 0.549. The van der Waals surface area contributed by atoms with Crippen LogP contribution in [0.2, 0.25) is 0 Å². The highest BCUT2D eigenvalue weighted by molar-refractivity contribution is 5.77. The minimum Gasteiger partial charge on any atom is -0.497 e. The molecule has 0 saturated carbocycles. The van der Waals surface area contributed by atoms with Gasteiger partial charge in [0, 0.05) is 5.56 Å². The Bertz CT molecular complexity index is 1070. The number of aromatic nitrogens is 5. The summed E-state index contributed by atoms with van der Waals surface area (Å²) >= 11 is 0. The molecule has 0 aliphatic carbocycles. The Labute approximate surface area is 160 Å². The molecule has 9 nitrogen and oxygen atoms in total. The first-order valence-electron chi connectivity index (χ1n) is 8.69. The van der Waals surface area contributed by atoms with Gasteiger partial charge in [0.05, 0.1) is 7.11 Å². The zero-order valence-corrected chi connectivity index (χ0v) is 15.4. The fraction of sp³-hybridized carbons (Fsp3) is 0.211. The van der Waals surface area contributed by atoms with E-state index in [2.05, 4.69) is 25.7 Å². The van der Waals surface area contributed by atoms with Gasteiger partial charge in [0.25, 0.3) is 0 Å². The number of methoxy groups -OCH3 is 1. The minimum absolute atomic E-state index is 0.00149. The molecule has 142 valence electrons. The van der Waals surface area contributed by atoms with Crippen LogP contribution in [-0.2, 0) is 11.3 Å². The first-order chi connectivity index (χ1) is 13.6. The van der Waals surface area contributed by atoms with E-state index in [0.717, 1.165) is 22.3 Å². The van der Waals surface area contributed by atoms with Crippen LogP contribution in [0.4, 0.5) is 0 Å². The lowest BCUT2D eigenvalue weighted by molar-refractivity contribution is -0.122. The van der Waals surface area contributed by atoms with Crippen LogP contribution in [0.3, 0.4) is 0 Å². The Kier molecular flexibility index (Phi) is 4.71. The summed E-state index contributed by atoms with van der Waals surface area (Å²) in [6.07, 6.45) is 0. The van der Waals surface area contributed by atoms with Crippen molar-refractivity contribution in [3.05, 3.63) is 54.4 Å². The van der Waals surface area contributed by atoms with Crippen LogP contribution in [0.25, 0.3) is 22.4 Å². The molecule has 0 aliphatic rings. The number of nitrogens with zero attached hydrogens (tertiary/aromatic N) is 5. The fourth-order valence-corrected chi connectivity index (χ4v) is 2.72. The molecule has 9 heteroatoms. The van der Waals surface area contributed by atoms with Crippen molar-refractivity contribution in [2.45, 2.75) is 19.5 Å². The molecule has 1 amide bonds. The Morgan fingerprint density at radius 1 is 1.14 bits per heavy atom. The highest BCUT2D eigenvalue weighted by Gasteiger charge is 2.18. The Morgan fingerprint density at radius 2 is 1.82 bits per heavy atom. The van der Waals surface area contributed by atoms with Crippen LogP contribution < -0.4 is 10.1 Å². The third kappa shape index (κ3) is 3.68. The van der Waals surface area contributed by atoms with E-state index < -0.39 is 6.04 Å². The predicted molar refractivity (Wildman–Crippen MR) is 100 cm³/mol.